The first-order chi connectivity index (χ1) is 11.6. The Morgan fingerprint density at radius 2 is 2.00 bits per heavy atom. The Kier molecular flexibility index (Phi) is 4.65. The highest BCUT2D eigenvalue weighted by molar-refractivity contribution is 5.91. The van der Waals surface area contributed by atoms with Gasteiger partial charge in [-0.05, 0) is 36.8 Å². The molecule has 2 N–H and O–H groups in total. The van der Waals surface area contributed by atoms with Gasteiger partial charge in [0.15, 0.2) is 0 Å². The zero-order valence-electron chi connectivity index (χ0n) is 13.4. The van der Waals surface area contributed by atoms with Gasteiger partial charge >= 0.3 is 12.1 Å². The van der Waals surface area contributed by atoms with E-state index in [1.165, 1.54) is 0 Å². The van der Waals surface area contributed by atoms with Crippen LogP contribution in [0, 0.1) is 6.92 Å². The molecule has 3 amide bonds. The number of aryl methyl sites for hydroxylation is 1. The third-order valence-corrected chi connectivity index (χ3v) is 3.73. The number of nitrogens with one attached hydrogen (secondary N) is 2. The van der Waals surface area contributed by atoms with Gasteiger partial charge < -0.3 is 15.4 Å². The lowest BCUT2D eigenvalue weighted by atomic mass is 10.1. The van der Waals surface area contributed by atoms with Gasteiger partial charge in [-0.2, -0.15) is 0 Å². The Hall–Kier alpha value is -3.02. The Morgan fingerprint density at radius 3 is 2.67 bits per heavy atom. The summed E-state index contributed by atoms with van der Waals surface area (Å²) in [6, 6.07) is 14.8. The maximum absolute atomic E-state index is 12.0. The molecule has 0 bridgehead atoms. The molecular formula is C18H19N3O3. The van der Waals surface area contributed by atoms with Crippen molar-refractivity contribution in [3.05, 3.63) is 59.7 Å². The highest BCUT2D eigenvalue weighted by atomic mass is 16.6. The molecule has 6 heteroatoms. The summed E-state index contributed by atoms with van der Waals surface area (Å²) in [5.41, 5.74) is 3.62. The molecule has 0 aliphatic carbocycles. The SMILES string of the molecule is Cc1cccc(CNC(=O)Nc2ccc(N3CCOC3=O)cc2)c1. The van der Waals surface area contributed by atoms with E-state index in [-0.39, 0.29) is 12.1 Å². The van der Waals surface area contributed by atoms with E-state index in [1.54, 1.807) is 29.2 Å². The molecule has 1 aliphatic heterocycles. The largest absolute Gasteiger partial charge is 0.447 e. The molecule has 0 spiro atoms. The number of benzene rings is 2. The minimum atomic E-state index is -0.341. The predicted octanol–water partition coefficient (Wildman–Crippen LogP) is 3.27. The normalized spacial score (nSPS) is 13.5. The second-order valence-electron chi connectivity index (χ2n) is 5.61. The number of urea groups is 1. The van der Waals surface area contributed by atoms with Gasteiger partial charge in [0.2, 0.25) is 0 Å². The molecule has 0 aromatic heterocycles. The summed E-state index contributed by atoms with van der Waals surface area (Å²) >= 11 is 0. The van der Waals surface area contributed by atoms with Crippen LogP contribution in [0.4, 0.5) is 21.0 Å². The summed E-state index contributed by atoms with van der Waals surface area (Å²) in [6.45, 7) is 3.43. The lowest BCUT2D eigenvalue weighted by Gasteiger charge is -2.13. The van der Waals surface area contributed by atoms with Crippen LogP contribution in [0.1, 0.15) is 11.1 Å². The van der Waals surface area contributed by atoms with Gasteiger partial charge in [-0.15, -0.1) is 0 Å². The Labute approximate surface area is 140 Å². The van der Waals surface area contributed by atoms with E-state index in [0.29, 0.717) is 25.4 Å². The van der Waals surface area contributed by atoms with E-state index in [4.69, 9.17) is 4.74 Å². The van der Waals surface area contributed by atoms with E-state index in [9.17, 15) is 9.59 Å². The molecule has 0 saturated carbocycles. The molecule has 2 aromatic rings. The number of cyclic esters (lactones) is 1. The van der Waals surface area contributed by atoms with Crippen LogP contribution in [0.5, 0.6) is 0 Å². The maximum atomic E-state index is 12.0. The van der Waals surface area contributed by atoms with Crippen molar-refractivity contribution < 1.29 is 14.3 Å². The van der Waals surface area contributed by atoms with Crippen LogP contribution in [-0.2, 0) is 11.3 Å². The second kappa shape index (κ2) is 7.04. The number of ether oxygens (including phenoxy) is 1. The van der Waals surface area contributed by atoms with Crippen molar-refractivity contribution in [2.24, 2.45) is 0 Å². The first-order valence-electron chi connectivity index (χ1n) is 7.76. The van der Waals surface area contributed by atoms with E-state index >= 15 is 0 Å². The Bertz CT molecular complexity index is 743. The van der Waals surface area contributed by atoms with Crippen LogP contribution in [0.2, 0.25) is 0 Å². The fourth-order valence-corrected chi connectivity index (χ4v) is 2.53. The molecule has 2 aromatic carbocycles. The van der Waals surface area contributed by atoms with Gasteiger partial charge in [0.25, 0.3) is 0 Å². The quantitative estimate of drug-likeness (QED) is 0.906. The first-order valence-corrected chi connectivity index (χ1v) is 7.76. The van der Waals surface area contributed by atoms with Crippen molar-refractivity contribution in [2.75, 3.05) is 23.4 Å². The van der Waals surface area contributed by atoms with Gasteiger partial charge in [-0.25, -0.2) is 9.59 Å². The monoisotopic (exact) mass is 325 g/mol. The number of carbonyl (C=O) groups excluding carboxylic acids is 2. The van der Waals surface area contributed by atoms with E-state index in [2.05, 4.69) is 10.6 Å². The molecule has 6 nitrogen and oxygen atoms in total. The fraction of sp³-hybridized carbons (Fsp3) is 0.222. The fourth-order valence-electron chi connectivity index (χ4n) is 2.53. The van der Waals surface area contributed by atoms with Crippen LogP contribution in [0.15, 0.2) is 48.5 Å². The van der Waals surface area contributed by atoms with Gasteiger partial charge in [0, 0.05) is 17.9 Å². The number of nitrogens with zero attached hydrogens (tertiary/aromatic N) is 1. The summed E-state index contributed by atoms with van der Waals surface area (Å²) in [7, 11) is 0. The maximum Gasteiger partial charge on any atom is 0.414 e. The van der Waals surface area contributed by atoms with Crippen LogP contribution in [-0.4, -0.2) is 25.3 Å². The van der Waals surface area contributed by atoms with Crippen molar-refractivity contribution in [3.63, 3.8) is 0 Å². The molecule has 1 saturated heterocycles. The number of hydrogen-bond acceptors (Lipinski definition) is 3. The molecule has 0 atom stereocenters. The average Bonchev–Trinajstić information content (AvgIpc) is 3.00. The Balaban J connectivity index is 1.53. The lowest BCUT2D eigenvalue weighted by molar-refractivity contribution is 0.181. The van der Waals surface area contributed by atoms with Crippen molar-refractivity contribution in [2.45, 2.75) is 13.5 Å². The van der Waals surface area contributed by atoms with Gasteiger partial charge in [-0.1, -0.05) is 29.8 Å². The van der Waals surface area contributed by atoms with Gasteiger partial charge in [0.05, 0.1) is 6.54 Å². The number of amides is 3. The topological polar surface area (TPSA) is 70.7 Å². The first kappa shape index (κ1) is 15.9. The molecule has 3 rings (SSSR count). The van der Waals surface area contributed by atoms with Crippen LogP contribution in [0.3, 0.4) is 0 Å². The van der Waals surface area contributed by atoms with E-state index in [0.717, 1.165) is 16.8 Å². The standard InChI is InChI=1S/C18H19N3O3/c1-13-3-2-4-14(11-13)12-19-17(22)20-15-5-7-16(8-6-15)21-9-10-24-18(21)23/h2-8,11H,9-10,12H2,1H3,(H2,19,20,22). The summed E-state index contributed by atoms with van der Waals surface area (Å²) < 4.78 is 4.90. The van der Waals surface area contributed by atoms with Gasteiger partial charge in [0.1, 0.15) is 6.61 Å². The van der Waals surface area contributed by atoms with Crippen LogP contribution in [0.25, 0.3) is 0 Å². The summed E-state index contributed by atoms with van der Waals surface area (Å²) in [5.74, 6) is 0. The van der Waals surface area contributed by atoms with E-state index < -0.39 is 0 Å². The van der Waals surface area contributed by atoms with Crippen LogP contribution < -0.4 is 15.5 Å². The summed E-state index contributed by atoms with van der Waals surface area (Å²) in [4.78, 5) is 25.0. The minimum absolute atomic E-state index is 0.273. The third-order valence-electron chi connectivity index (χ3n) is 3.73. The summed E-state index contributed by atoms with van der Waals surface area (Å²) in [6.07, 6.45) is -0.341. The molecule has 0 radical (unpaired) electrons. The molecule has 124 valence electrons. The molecule has 1 fully saturated rings. The van der Waals surface area contributed by atoms with E-state index in [1.807, 2.05) is 31.2 Å². The highest BCUT2D eigenvalue weighted by Gasteiger charge is 2.23. The Morgan fingerprint density at radius 1 is 1.21 bits per heavy atom. The van der Waals surface area contributed by atoms with Crippen molar-refractivity contribution in [3.8, 4) is 0 Å². The van der Waals surface area contributed by atoms with Crippen molar-refractivity contribution in [1.29, 1.82) is 0 Å². The smallest absolute Gasteiger partial charge is 0.414 e. The minimum Gasteiger partial charge on any atom is -0.447 e. The number of rotatable bonds is 4. The molecular weight excluding hydrogens is 306 g/mol. The summed E-state index contributed by atoms with van der Waals surface area (Å²) in [5, 5.41) is 5.59. The molecule has 0 unspecified atom stereocenters. The van der Waals surface area contributed by atoms with Gasteiger partial charge in [-0.3, -0.25) is 4.90 Å². The zero-order valence-corrected chi connectivity index (χ0v) is 13.4. The zero-order chi connectivity index (χ0) is 16.9. The lowest BCUT2D eigenvalue weighted by Crippen LogP contribution is -2.28. The average molecular weight is 325 g/mol. The number of hydrogen-bond donors (Lipinski definition) is 2. The molecule has 24 heavy (non-hydrogen) atoms. The number of carbonyl (C=O) groups is 2. The second-order valence-corrected chi connectivity index (χ2v) is 5.61. The predicted molar refractivity (Wildman–Crippen MR) is 92.2 cm³/mol. The van der Waals surface area contributed by atoms with Crippen molar-refractivity contribution >= 4 is 23.5 Å². The third kappa shape index (κ3) is 3.84. The number of anilines is 2. The van der Waals surface area contributed by atoms with Crippen LogP contribution >= 0.6 is 0 Å². The molecule has 1 heterocycles. The molecule has 1 aliphatic rings. The van der Waals surface area contributed by atoms with Crippen molar-refractivity contribution in [1.82, 2.24) is 5.32 Å². The highest BCUT2D eigenvalue weighted by Crippen LogP contribution is 2.21.